The lowest BCUT2D eigenvalue weighted by Crippen LogP contribution is -2.37. The molecule has 3 fully saturated rings. The van der Waals surface area contributed by atoms with Crippen LogP contribution in [0.3, 0.4) is 0 Å². The van der Waals surface area contributed by atoms with Crippen molar-refractivity contribution < 1.29 is 13.9 Å². The van der Waals surface area contributed by atoms with Crippen molar-refractivity contribution in [2.45, 2.75) is 18.9 Å². The molecule has 0 amide bonds. The van der Waals surface area contributed by atoms with Crippen LogP contribution in [0.5, 0.6) is 11.5 Å². The number of pyridine rings is 1. The van der Waals surface area contributed by atoms with Crippen molar-refractivity contribution in [3.05, 3.63) is 48.3 Å². The molecule has 3 unspecified atom stereocenters. The number of hydrogen-bond donors (Lipinski definition) is 1. The molecule has 4 heterocycles. The standard InChI is InChI=1S/C28H33FN4O2/c1-32-10-8-19-16-33(17-20(19)15-32)27-12-25(31-26-13-28(34-2)24(29)11-23(26)27)18-3-5-21(6-4-18)35-22-7-9-30-14-22/h3-6,11-13,19-20,22,30H,7-10,14-17H2,1-2H3. The van der Waals surface area contributed by atoms with Crippen molar-refractivity contribution in [2.24, 2.45) is 11.8 Å². The lowest BCUT2D eigenvalue weighted by atomic mass is 9.89. The lowest BCUT2D eigenvalue weighted by Gasteiger charge is -2.31. The van der Waals surface area contributed by atoms with Crippen molar-refractivity contribution in [3.8, 4) is 22.8 Å². The molecule has 7 heteroatoms. The van der Waals surface area contributed by atoms with Gasteiger partial charge in [-0.2, -0.15) is 0 Å². The van der Waals surface area contributed by atoms with Gasteiger partial charge in [0.05, 0.1) is 18.3 Å². The molecule has 0 aliphatic carbocycles. The number of rotatable bonds is 5. The van der Waals surface area contributed by atoms with E-state index in [0.717, 1.165) is 79.3 Å². The number of anilines is 1. The molecule has 0 bridgehead atoms. The van der Waals surface area contributed by atoms with Gasteiger partial charge in [0.2, 0.25) is 0 Å². The average Bonchev–Trinajstić information content (AvgIpc) is 3.53. The first-order valence-electron chi connectivity index (χ1n) is 12.7. The number of piperidine rings is 1. The molecule has 6 rings (SSSR count). The molecule has 3 aliphatic heterocycles. The van der Waals surface area contributed by atoms with Crippen molar-refractivity contribution in [1.29, 1.82) is 0 Å². The van der Waals surface area contributed by atoms with Gasteiger partial charge in [-0.1, -0.05) is 0 Å². The molecular formula is C28H33FN4O2. The van der Waals surface area contributed by atoms with Crippen LogP contribution in [0.15, 0.2) is 42.5 Å². The highest BCUT2D eigenvalue weighted by molar-refractivity contribution is 5.95. The number of nitrogens with zero attached hydrogens (tertiary/aromatic N) is 3. The summed E-state index contributed by atoms with van der Waals surface area (Å²) in [6, 6.07) is 13.6. The van der Waals surface area contributed by atoms with Crippen molar-refractivity contribution in [3.63, 3.8) is 0 Å². The fourth-order valence-corrected chi connectivity index (χ4v) is 5.95. The smallest absolute Gasteiger partial charge is 0.165 e. The third-order valence-electron chi connectivity index (χ3n) is 7.87. The Labute approximate surface area is 206 Å². The van der Waals surface area contributed by atoms with E-state index in [1.54, 1.807) is 12.1 Å². The second kappa shape index (κ2) is 9.28. The zero-order chi connectivity index (χ0) is 23.9. The topological polar surface area (TPSA) is 49.9 Å². The van der Waals surface area contributed by atoms with Crippen LogP contribution >= 0.6 is 0 Å². The first kappa shape index (κ1) is 22.6. The number of aromatic nitrogens is 1. The third kappa shape index (κ3) is 4.43. The zero-order valence-electron chi connectivity index (χ0n) is 20.5. The number of methoxy groups -OCH3 is 1. The fourth-order valence-electron chi connectivity index (χ4n) is 5.95. The van der Waals surface area contributed by atoms with E-state index in [4.69, 9.17) is 14.5 Å². The Morgan fingerprint density at radius 1 is 1.03 bits per heavy atom. The number of hydrogen-bond acceptors (Lipinski definition) is 6. The second-order valence-corrected chi connectivity index (χ2v) is 10.3. The Morgan fingerprint density at radius 3 is 2.63 bits per heavy atom. The van der Waals surface area contributed by atoms with Crippen molar-refractivity contribution in [2.75, 3.05) is 58.3 Å². The van der Waals surface area contributed by atoms with E-state index in [2.05, 4.69) is 40.4 Å². The second-order valence-electron chi connectivity index (χ2n) is 10.3. The summed E-state index contributed by atoms with van der Waals surface area (Å²) in [6.07, 6.45) is 2.48. The Hall–Kier alpha value is -2.90. The van der Waals surface area contributed by atoms with Gasteiger partial charge in [-0.3, -0.25) is 0 Å². The van der Waals surface area contributed by atoms with Crippen LogP contribution in [-0.2, 0) is 0 Å². The van der Waals surface area contributed by atoms with Gasteiger partial charge in [0.25, 0.3) is 0 Å². The van der Waals surface area contributed by atoms with E-state index >= 15 is 0 Å². The molecule has 1 aromatic heterocycles. The quantitative estimate of drug-likeness (QED) is 0.596. The predicted octanol–water partition coefficient (Wildman–Crippen LogP) is 4.18. The molecule has 35 heavy (non-hydrogen) atoms. The molecule has 0 radical (unpaired) electrons. The number of ether oxygens (including phenoxy) is 2. The maximum Gasteiger partial charge on any atom is 0.165 e. The van der Waals surface area contributed by atoms with Crippen LogP contribution in [0.1, 0.15) is 12.8 Å². The molecule has 0 saturated carbocycles. The number of nitrogens with one attached hydrogen (secondary N) is 1. The van der Waals surface area contributed by atoms with Crippen LogP contribution in [0.25, 0.3) is 22.2 Å². The normalized spacial score (nSPS) is 24.7. The van der Waals surface area contributed by atoms with Gasteiger partial charge in [-0.25, -0.2) is 9.37 Å². The van der Waals surface area contributed by atoms with E-state index < -0.39 is 0 Å². The minimum absolute atomic E-state index is 0.221. The third-order valence-corrected chi connectivity index (χ3v) is 7.87. The first-order valence-corrected chi connectivity index (χ1v) is 12.7. The molecule has 3 saturated heterocycles. The van der Waals surface area contributed by atoms with Crippen molar-refractivity contribution >= 4 is 16.6 Å². The van der Waals surface area contributed by atoms with Crippen LogP contribution in [0.4, 0.5) is 10.1 Å². The lowest BCUT2D eigenvalue weighted by molar-refractivity contribution is 0.178. The van der Waals surface area contributed by atoms with Gasteiger partial charge in [-0.05, 0) is 81.2 Å². The van der Waals surface area contributed by atoms with Crippen LogP contribution in [0, 0.1) is 17.7 Å². The Bertz CT molecular complexity index is 1210. The molecule has 184 valence electrons. The van der Waals surface area contributed by atoms with Crippen LogP contribution in [0.2, 0.25) is 0 Å². The highest BCUT2D eigenvalue weighted by atomic mass is 19.1. The molecule has 1 N–H and O–H groups in total. The van der Waals surface area contributed by atoms with Gasteiger partial charge in [0, 0.05) is 48.9 Å². The van der Waals surface area contributed by atoms with E-state index in [-0.39, 0.29) is 17.7 Å². The summed E-state index contributed by atoms with van der Waals surface area (Å²) in [6.45, 7) is 6.16. The Morgan fingerprint density at radius 2 is 1.86 bits per heavy atom. The molecule has 3 aliphatic rings. The molecule has 0 spiro atoms. The average molecular weight is 477 g/mol. The number of fused-ring (bicyclic) bond motifs is 2. The summed E-state index contributed by atoms with van der Waals surface area (Å²) >= 11 is 0. The highest BCUT2D eigenvalue weighted by Crippen LogP contribution is 2.39. The van der Waals surface area contributed by atoms with E-state index in [1.807, 2.05) is 12.1 Å². The number of halogens is 1. The maximum absolute atomic E-state index is 14.8. The predicted molar refractivity (Wildman–Crippen MR) is 137 cm³/mol. The largest absolute Gasteiger partial charge is 0.494 e. The van der Waals surface area contributed by atoms with Crippen LogP contribution < -0.4 is 19.7 Å². The van der Waals surface area contributed by atoms with Gasteiger partial charge in [0.1, 0.15) is 11.9 Å². The minimum atomic E-state index is -0.352. The van der Waals surface area contributed by atoms with Gasteiger partial charge >= 0.3 is 0 Å². The summed E-state index contributed by atoms with van der Waals surface area (Å²) in [7, 11) is 3.70. The monoisotopic (exact) mass is 476 g/mol. The summed E-state index contributed by atoms with van der Waals surface area (Å²) in [5.41, 5.74) is 3.70. The molecule has 3 atom stereocenters. The Kier molecular flexibility index (Phi) is 5.98. The van der Waals surface area contributed by atoms with Gasteiger partial charge < -0.3 is 24.6 Å². The van der Waals surface area contributed by atoms with E-state index in [9.17, 15) is 4.39 Å². The SMILES string of the molecule is COc1cc2nc(-c3ccc(OC4CCNC4)cc3)cc(N3CC4CCN(C)CC4C3)c2cc1F. The summed E-state index contributed by atoms with van der Waals surface area (Å²) in [5, 5.41) is 4.18. The zero-order valence-corrected chi connectivity index (χ0v) is 20.5. The maximum atomic E-state index is 14.8. The Balaban J connectivity index is 1.37. The molecular weight excluding hydrogens is 443 g/mol. The fraction of sp³-hybridized carbons (Fsp3) is 0.464. The summed E-state index contributed by atoms with van der Waals surface area (Å²) in [5.74, 6) is 2.07. The molecule has 2 aromatic carbocycles. The van der Waals surface area contributed by atoms with Crippen molar-refractivity contribution in [1.82, 2.24) is 15.2 Å². The highest BCUT2D eigenvalue weighted by Gasteiger charge is 2.37. The van der Waals surface area contributed by atoms with Crippen LogP contribution in [-0.4, -0.2) is 69.4 Å². The molecule has 3 aromatic rings. The summed E-state index contributed by atoms with van der Waals surface area (Å²) in [4.78, 5) is 9.80. The first-order chi connectivity index (χ1) is 17.1. The molecule has 6 nitrogen and oxygen atoms in total. The van der Waals surface area contributed by atoms with E-state index in [0.29, 0.717) is 11.8 Å². The van der Waals surface area contributed by atoms with Gasteiger partial charge in [-0.15, -0.1) is 0 Å². The van der Waals surface area contributed by atoms with Gasteiger partial charge in [0.15, 0.2) is 11.6 Å². The minimum Gasteiger partial charge on any atom is -0.494 e. The van der Waals surface area contributed by atoms with E-state index in [1.165, 1.54) is 13.5 Å². The summed E-state index contributed by atoms with van der Waals surface area (Å²) < 4.78 is 26.1. The number of likely N-dealkylation sites (tertiary alicyclic amines) is 1. The number of benzene rings is 2.